The standard InChI is InChI=1S/C11H12ClN3O2S/c12-10-3-2-9(18-10)8-6-7(15-17-8)11(16)14-5-1-4-13/h2-3,6H,1,4-5,13H2,(H,14,16). The van der Waals surface area contributed by atoms with Gasteiger partial charge >= 0.3 is 0 Å². The van der Waals surface area contributed by atoms with E-state index in [1.54, 1.807) is 12.1 Å². The molecule has 0 saturated heterocycles. The van der Waals surface area contributed by atoms with Gasteiger partial charge in [-0.1, -0.05) is 16.8 Å². The molecule has 0 aliphatic heterocycles. The zero-order chi connectivity index (χ0) is 13.0. The maximum absolute atomic E-state index is 11.7. The Labute approximate surface area is 113 Å². The van der Waals surface area contributed by atoms with Crippen LogP contribution in [0.15, 0.2) is 22.7 Å². The van der Waals surface area contributed by atoms with Crippen molar-refractivity contribution in [3.05, 3.63) is 28.2 Å². The summed E-state index contributed by atoms with van der Waals surface area (Å²) in [5.41, 5.74) is 5.60. The maximum Gasteiger partial charge on any atom is 0.273 e. The molecule has 0 bridgehead atoms. The fraction of sp³-hybridized carbons (Fsp3) is 0.273. The quantitative estimate of drug-likeness (QED) is 0.825. The Morgan fingerprint density at radius 3 is 3.06 bits per heavy atom. The van der Waals surface area contributed by atoms with Gasteiger partial charge in [0.2, 0.25) is 0 Å². The summed E-state index contributed by atoms with van der Waals surface area (Å²) in [5.74, 6) is 0.275. The monoisotopic (exact) mass is 285 g/mol. The summed E-state index contributed by atoms with van der Waals surface area (Å²) < 4.78 is 5.77. The summed E-state index contributed by atoms with van der Waals surface area (Å²) in [6.07, 6.45) is 0.733. The number of amides is 1. The van der Waals surface area contributed by atoms with E-state index < -0.39 is 0 Å². The number of carbonyl (C=O) groups is 1. The molecular formula is C11H12ClN3O2S. The highest BCUT2D eigenvalue weighted by molar-refractivity contribution is 7.19. The van der Waals surface area contributed by atoms with Gasteiger partial charge in [0, 0.05) is 12.6 Å². The Morgan fingerprint density at radius 1 is 1.56 bits per heavy atom. The second-order valence-corrected chi connectivity index (χ2v) is 5.29. The maximum atomic E-state index is 11.7. The lowest BCUT2D eigenvalue weighted by Gasteiger charge is -1.99. The molecule has 7 heteroatoms. The van der Waals surface area contributed by atoms with E-state index in [1.165, 1.54) is 11.3 Å². The van der Waals surface area contributed by atoms with Crippen LogP contribution in [0.3, 0.4) is 0 Å². The lowest BCUT2D eigenvalue weighted by atomic mass is 10.3. The van der Waals surface area contributed by atoms with Gasteiger partial charge in [0.05, 0.1) is 9.21 Å². The first-order valence-electron chi connectivity index (χ1n) is 5.41. The van der Waals surface area contributed by atoms with Crippen molar-refractivity contribution in [1.82, 2.24) is 10.5 Å². The number of halogens is 1. The van der Waals surface area contributed by atoms with Crippen molar-refractivity contribution >= 4 is 28.8 Å². The number of nitrogens with one attached hydrogen (secondary N) is 1. The molecule has 0 atom stereocenters. The van der Waals surface area contributed by atoms with Gasteiger partial charge in [0.1, 0.15) is 0 Å². The van der Waals surface area contributed by atoms with E-state index in [0.29, 0.717) is 23.2 Å². The van der Waals surface area contributed by atoms with Crippen LogP contribution < -0.4 is 11.1 Å². The third-order valence-corrected chi connectivity index (χ3v) is 3.47. The third-order valence-electron chi connectivity index (χ3n) is 2.23. The van der Waals surface area contributed by atoms with Crippen molar-refractivity contribution in [2.24, 2.45) is 5.73 Å². The number of aromatic nitrogens is 1. The Morgan fingerprint density at radius 2 is 2.39 bits per heavy atom. The third kappa shape index (κ3) is 3.10. The first-order valence-corrected chi connectivity index (χ1v) is 6.61. The molecule has 3 N–H and O–H groups in total. The molecule has 5 nitrogen and oxygen atoms in total. The summed E-state index contributed by atoms with van der Waals surface area (Å²) in [6.45, 7) is 1.07. The largest absolute Gasteiger partial charge is 0.355 e. The molecule has 0 saturated carbocycles. The zero-order valence-electron chi connectivity index (χ0n) is 9.48. The van der Waals surface area contributed by atoms with Crippen LogP contribution in [0.25, 0.3) is 10.6 Å². The van der Waals surface area contributed by atoms with Gasteiger partial charge in [-0.25, -0.2) is 0 Å². The molecule has 1 amide bonds. The van der Waals surface area contributed by atoms with E-state index in [1.807, 2.05) is 6.07 Å². The van der Waals surface area contributed by atoms with Gasteiger partial charge in [0.15, 0.2) is 11.5 Å². The predicted molar refractivity (Wildman–Crippen MR) is 70.8 cm³/mol. The van der Waals surface area contributed by atoms with Crippen LogP contribution in [0.5, 0.6) is 0 Å². The van der Waals surface area contributed by atoms with Crippen molar-refractivity contribution in [2.45, 2.75) is 6.42 Å². The van der Waals surface area contributed by atoms with Crippen molar-refractivity contribution in [1.29, 1.82) is 0 Å². The summed E-state index contributed by atoms with van der Waals surface area (Å²) in [4.78, 5) is 12.5. The molecule has 2 aromatic heterocycles. The molecule has 0 aliphatic carbocycles. The van der Waals surface area contributed by atoms with Crippen LogP contribution in [-0.4, -0.2) is 24.2 Å². The van der Waals surface area contributed by atoms with E-state index >= 15 is 0 Å². The fourth-order valence-corrected chi connectivity index (χ4v) is 2.33. The number of rotatable bonds is 5. The topological polar surface area (TPSA) is 81.1 Å². The minimum atomic E-state index is -0.263. The molecule has 0 fully saturated rings. The van der Waals surface area contributed by atoms with E-state index in [9.17, 15) is 4.79 Å². The van der Waals surface area contributed by atoms with Crippen LogP contribution in [0.4, 0.5) is 0 Å². The van der Waals surface area contributed by atoms with Gasteiger partial charge in [0.25, 0.3) is 5.91 Å². The van der Waals surface area contributed by atoms with Crippen LogP contribution in [-0.2, 0) is 0 Å². The Kier molecular flexibility index (Phi) is 4.35. The molecule has 0 aliphatic rings. The van der Waals surface area contributed by atoms with Gasteiger partial charge in [-0.05, 0) is 25.1 Å². The molecule has 0 radical (unpaired) electrons. The first kappa shape index (κ1) is 13.1. The van der Waals surface area contributed by atoms with Gasteiger partial charge in [-0.15, -0.1) is 11.3 Å². The lowest BCUT2D eigenvalue weighted by Crippen LogP contribution is -2.26. The number of thiophene rings is 1. The van der Waals surface area contributed by atoms with Crippen molar-refractivity contribution in [3.8, 4) is 10.6 Å². The summed E-state index contributed by atoms with van der Waals surface area (Å²) in [6, 6.07) is 5.19. The van der Waals surface area contributed by atoms with E-state index in [-0.39, 0.29) is 11.6 Å². The second kappa shape index (κ2) is 5.99. The molecule has 18 heavy (non-hydrogen) atoms. The fourth-order valence-electron chi connectivity index (χ4n) is 1.34. The molecular weight excluding hydrogens is 274 g/mol. The van der Waals surface area contributed by atoms with E-state index in [0.717, 1.165) is 11.3 Å². The molecule has 2 heterocycles. The Hall–Kier alpha value is -1.37. The van der Waals surface area contributed by atoms with Crippen molar-refractivity contribution < 1.29 is 9.32 Å². The molecule has 2 rings (SSSR count). The second-order valence-electron chi connectivity index (χ2n) is 3.58. The summed E-state index contributed by atoms with van der Waals surface area (Å²) in [5, 5.41) is 6.43. The number of nitrogens with zero attached hydrogens (tertiary/aromatic N) is 1. The number of hydrogen-bond acceptors (Lipinski definition) is 5. The average Bonchev–Trinajstić information content (AvgIpc) is 2.97. The summed E-state index contributed by atoms with van der Waals surface area (Å²) in [7, 11) is 0. The number of carbonyl (C=O) groups excluding carboxylic acids is 1. The van der Waals surface area contributed by atoms with Crippen molar-refractivity contribution in [3.63, 3.8) is 0 Å². The molecule has 96 valence electrons. The van der Waals surface area contributed by atoms with Gasteiger partial charge in [-0.2, -0.15) is 0 Å². The normalized spacial score (nSPS) is 10.6. The van der Waals surface area contributed by atoms with Crippen LogP contribution in [0.1, 0.15) is 16.9 Å². The van der Waals surface area contributed by atoms with Crippen LogP contribution in [0.2, 0.25) is 4.34 Å². The highest BCUT2D eigenvalue weighted by Gasteiger charge is 2.14. The molecule has 0 unspecified atom stereocenters. The number of nitrogens with two attached hydrogens (primary N) is 1. The highest BCUT2D eigenvalue weighted by Crippen LogP contribution is 2.31. The molecule has 0 aromatic carbocycles. The molecule has 2 aromatic rings. The smallest absolute Gasteiger partial charge is 0.273 e. The zero-order valence-corrected chi connectivity index (χ0v) is 11.1. The van der Waals surface area contributed by atoms with Gasteiger partial charge < -0.3 is 15.6 Å². The van der Waals surface area contributed by atoms with E-state index in [4.69, 9.17) is 21.9 Å². The van der Waals surface area contributed by atoms with Gasteiger partial charge in [-0.3, -0.25) is 4.79 Å². The Balaban J connectivity index is 2.04. The molecule has 0 spiro atoms. The van der Waals surface area contributed by atoms with Crippen molar-refractivity contribution in [2.75, 3.05) is 13.1 Å². The Bertz CT molecular complexity index is 538. The SMILES string of the molecule is NCCCNC(=O)c1cc(-c2ccc(Cl)s2)on1. The number of hydrogen-bond donors (Lipinski definition) is 2. The first-order chi connectivity index (χ1) is 8.70. The average molecular weight is 286 g/mol. The van der Waals surface area contributed by atoms with E-state index in [2.05, 4.69) is 10.5 Å². The minimum absolute atomic E-state index is 0.256. The summed E-state index contributed by atoms with van der Waals surface area (Å²) >= 11 is 7.20. The highest BCUT2D eigenvalue weighted by atomic mass is 35.5. The minimum Gasteiger partial charge on any atom is -0.355 e. The lowest BCUT2D eigenvalue weighted by molar-refractivity contribution is 0.0944. The van der Waals surface area contributed by atoms with Crippen LogP contribution >= 0.6 is 22.9 Å². The predicted octanol–water partition coefficient (Wildman–Crippen LogP) is 2.14. The van der Waals surface area contributed by atoms with Crippen LogP contribution in [0, 0.1) is 0 Å².